The molecular formula is C20H22N4O3. The van der Waals surface area contributed by atoms with Crippen LogP contribution in [0.25, 0.3) is 11.0 Å². The van der Waals surface area contributed by atoms with Gasteiger partial charge in [0.15, 0.2) is 17.1 Å². The van der Waals surface area contributed by atoms with Crippen LogP contribution in [0.1, 0.15) is 34.8 Å². The van der Waals surface area contributed by atoms with E-state index in [1.165, 1.54) is 0 Å². The zero-order chi connectivity index (χ0) is 19.0. The van der Waals surface area contributed by atoms with Crippen molar-refractivity contribution in [1.82, 2.24) is 9.97 Å². The highest BCUT2D eigenvalue weighted by atomic mass is 16.5. The molecule has 140 valence electrons. The molecule has 0 radical (unpaired) electrons. The molecule has 0 saturated carbocycles. The summed E-state index contributed by atoms with van der Waals surface area (Å²) in [7, 11) is 1.57. The highest BCUT2D eigenvalue weighted by molar-refractivity contribution is 6.05. The first-order valence-corrected chi connectivity index (χ1v) is 9.05. The molecule has 3 aromatic rings. The van der Waals surface area contributed by atoms with Gasteiger partial charge in [-0.05, 0) is 38.8 Å². The molecule has 2 aromatic heterocycles. The number of carbonyl (C=O) groups excluding carboxylic acids is 1. The number of methoxy groups -OCH3 is 1. The summed E-state index contributed by atoms with van der Waals surface area (Å²) in [4.78, 5) is 24.1. The van der Waals surface area contributed by atoms with Gasteiger partial charge in [0.25, 0.3) is 5.91 Å². The largest absolute Gasteiger partial charge is 0.493 e. The Bertz CT molecular complexity index is 983. The molecule has 0 bridgehead atoms. The van der Waals surface area contributed by atoms with Crippen LogP contribution in [0.4, 0.5) is 11.6 Å². The molecule has 1 aliphatic rings. The Labute approximate surface area is 157 Å². The van der Waals surface area contributed by atoms with Gasteiger partial charge in [0.05, 0.1) is 24.2 Å². The minimum atomic E-state index is -0.336. The third-order valence-corrected chi connectivity index (χ3v) is 4.84. The van der Waals surface area contributed by atoms with Crippen molar-refractivity contribution in [1.29, 1.82) is 0 Å². The van der Waals surface area contributed by atoms with Crippen molar-refractivity contribution < 1.29 is 13.9 Å². The number of hydrogen-bond acceptors (Lipinski definition) is 6. The van der Waals surface area contributed by atoms with E-state index in [4.69, 9.17) is 9.15 Å². The van der Waals surface area contributed by atoms with Crippen LogP contribution in [0.3, 0.4) is 0 Å². The van der Waals surface area contributed by atoms with E-state index in [-0.39, 0.29) is 11.7 Å². The first-order valence-electron chi connectivity index (χ1n) is 9.05. The molecule has 1 amide bonds. The standard InChI is InChI=1S/C20H22N4O3/c1-12-17(13(2)22-20(21-12)24-9-4-5-10-24)23-19(25)16-11-14-7-6-8-15(26-3)18(14)27-16/h6-8,11H,4-5,9-10H2,1-3H3,(H,23,25). The molecule has 0 unspecified atom stereocenters. The smallest absolute Gasteiger partial charge is 0.291 e. The average Bonchev–Trinajstić information content (AvgIpc) is 3.33. The predicted molar refractivity (Wildman–Crippen MR) is 104 cm³/mol. The summed E-state index contributed by atoms with van der Waals surface area (Å²) < 4.78 is 11.0. The molecule has 4 rings (SSSR count). The second kappa shape index (κ2) is 6.90. The first kappa shape index (κ1) is 17.3. The summed E-state index contributed by atoms with van der Waals surface area (Å²) in [5, 5.41) is 3.71. The summed E-state index contributed by atoms with van der Waals surface area (Å²) in [6.45, 7) is 5.72. The van der Waals surface area contributed by atoms with Gasteiger partial charge in [-0.25, -0.2) is 9.97 Å². The molecule has 1 aliphatic heterocycles. The van der Waals surface area contributed by atoms with Gasteiger partial charge in [0, 0.05) is 18.5 Å². The Morgan fingerprint density at radius 1 is 1.19 bits per heavy atom. The van der Waals surface area contributed by atoms with Crippen LogP contribution in [-0.2, 0) is 0 Å². The molecule has 0 atom stereocenters. The number of aromatic nitrogens is 2. The van der Waals surface area contributed by atoms with Gasteiger partial charge in [-0.2, -0.15) is 0 Å². The number of carbonyl (C=O) groups is 1. The molecule has 1 saturated heterocycles. The third-order valence-electron chi connectivity index (χ3n) is 4.84. The molecule has 27 heavy (non-hydrogen) atoms. The monoisotopic (exact) mass is 366 g/mol. The third kappa shape index (κ3) is 3.20. The van der Waals surface area contributed by atoms with E-state index in [1.807, 2.05) is 26.0 Å². The van der Waals surface area contributed by atoms with Crippen LogP contribution in [0.15, 0.2) is 28.7 Å². The minimum Gasteiger partial charge on any atom is -0.493 e. The summed E-state index contributed by atoms with van der Waals surface area (Å²) in [6, 6.07) is 7.24. The number of fused-ring (bicyclic) bond motifs is 1. The van der Waals surface area contributed by atoms with E-state index >= 15 is 0 Å². The van der Waals surface area contributed by atoms with Crippen LogP contribution in [-0.4, -0.2) is 36.1 Å². The number of furan rings is 1. The number of ether oxygens (including phenoxy) is 1. The molecule has 1 N–H and O–H groups in total. The Morgan fingerprint density at radius 3 is 2.56 bits per heavy atom. The van der Waals surface area contributed by atoms with Gasteiger partial charge in [-0.1, -0.05) is 12.1 Å². The van der Waals surface area contributed by atoms with Crippen molar-refractivity contribution >= 4 is 28.5 Å². The van der Waals surface area contributed by atoms with Crippen LogP contribution >= 0.6 is 0 Å². The maximum atomic E-state index is 12.7. The second-order valence-electron chi connectivity index (χ2n) is 6.71. The SMILES string of the molecule is COc1cccc2cc(C(=O)Nc3c(C)nc(N4CCCC4)nc3C)oc12. The topological polar surface area (TPSA) is 80.5 Å². The number of nitrogens with one attached hydrogen (secondary N) is 1. The zero-order valence-electron chi connectivity index (χ0n) is 15.7. The number of hydrogen-bond donors (Lipinski definition) is 1. The number of amides is 1. The normalized spacial score (nSPS) is 14.0. The number of benzene rings is 1. The van der Waals surface area contributed by atoms with Gasteiger partial charge < -0.3 is 19.4 Å². The van der Waals surface area contributed by atoms with E-state index in [1.54, 1.807) is 19.2 Å². The molecule has 3 heterocycles. The van der Waals surface area contributed by atoms with Crippen molar-refractivity contribution in [3.05, 3.63) is 41.4 Å². The lowest BCUT2D eigenvalue weighted by atomic mass is 10.2. The Kier molecular flexibility index (Phi) is 4.43. The molecule has 7 heteroatoms. The maximum absolute atomic E-state index is 12.7. The van der Waals surface area contributed by atoms with Crippen molar-refractivity contribution in [3.8, 4) is 5.75 Å². The Balaban J connectivity index is 1.61. The van der Waals surface area contributed by atoms with Crippen LogP contribution in [0.2, 0.25) is 0 Å². The molecule has 7 nitrogen and oxygen atoms in total. The lowest BCUT2D eigenvalue weighted by Crippen LogP contribution is -2.22. The summed E-state index contributed by atoms with van der Waals surface area (Å²) in [5.41, 5.74) is 2.66. The van der Waals surface area contributed by atoms with Crippen molar-refractivity contribution in [2.24, 2.45) is 0 Å². The molecule has 1 aromatic carbocycles. The average molecular weight is 366 g/mol. The van der Waals surface area contributed by atoms with Gasteiger partial charge >= 0.3 is 0 Å². The predicted octanol–water partition coefficient (Wildman–Crippen LogP) is 3.70. The fourth-order valence-electron chi connectivity index (χ4n) is 3.42. The number of aryl methyl sites for hydroxylation is 2. The van der Waals surface area contributed by atoms with Crippen molar-refractivity contribution in [3.63, 3.8) is 0 Å². The van der Waals surface area contributed by atoms with E-state index in [0.717, 1.165) is 48.7 Å². The highest BCUT2D eigenvalue weighted by Gasteiger charge is 2.20. The van der Waals surface area contributed by atoms with Gasteiger partial charge in [-0.3, -0.25) is 4.79 Å². The van der Waals surface area contributed by atoms with E-state index in [9.17, 15) is 4.79 Å². The summed E-state index contributed by atoms with van der Waals surface area (Å²) in [5.74, 6) is 1.21. The lowest BCUT2D eigenvalue weighted by Gasteiger charge is -2.18. The van der Waals surface area contributed by atoms with Crippen LogP contribution in [0, 0.1) is 13.8 Å². The number of rotatable bonds is 4. The van der Waals surface area contributed by atoms with E-state index < -0.39 is 0 Å². The molecule has 1 fully saturated rings. The number of para-hydroxylation sites is 1. The minimum absolute atomic E-state index is 0.219. The Morgan fingerprint density at radius 2 is 1.89 bits per heavy atom. The van der Waals surface area contributed by atoms with E-state index in [0.29, 0.717) is 17.0 Å². The fourth-order valence-corrected chi connectivity index (χ4v) is 3.42. The lowest BCUT2D eigenvalue weighted by molar-refractivity contribution is 0.0998. The quantitative estimate of drug-likeness (QED) is 0.758. The Hall–Kier alpha value is -3.09. The first-order chi connectivity index (χ1) is 13.1. The summed E-state index contributed by atoms with van der Waals surface area (Å²) in [6.07, 6.45) is 2.32. The van der Waals surface area contributed by atoms with Gasteiger partial charge in [0.1, 0.15) is 0 Å². The summed E-state index contributed by atoms with van der Waals surface area (Å²) >= 11 is 0. The molecular weight excluding hydrogens is 344 g/mol. The van der Waals surface area contributed by atoms with Crippen LogP contribution < -0.4 is 15.0 Å². The van der Waals surface area contributed by atoms with Crippen LogP contribution in [0.5, 0.6) is 5.75 Å². The molecule has 0 aliphatic carbocycles. The molecule has 0 spiro atoms. The number of nitrogens with zero attached hydrogens (tertiary/aromatic N) is 3. The van der Waals surface area contributed by atoms with E-state index in [2.05, 4.69) is 20.2 Å². The second-order valence-corrected chi connectivity index (χ2v) is 6.71. The van der Waals surface area contributed by atoms with Crippen molar-refractivity contribution in [2.45, 2.75) is 26.7 Å². The van der Waals surface area contributed by atoms with Gasteiger partial charge in [0.2, 0.25) is 5.95 Å². The fraction of sp³-hybridized carbons (Fsp3) is 0.350. The van der Waals surface area contributed by atoms with Crippen molar-refractivity contribution in [2.75, 3.05) is 30.4 Å². The zero-order valence-corrected chi connectivity index (χ0v) is 15.7. The van der Waals surface area contributed by atoms with Gasteiger partial charge in [-0.15, -0.1) is 0 Å². The maximum Gasteiger partial charge on any atom is 0.291 e. The number of anilines is 2. The highest BCUT2D eigenvalue weighted by Crippen LogP contribution is 2.29.